The van der Waals surface area contributed by atoms with Crippen LogP contribution in [0.3, 0.4) is 0 Å². The molecule has 3 heterocycles. The van der Waals surface area contributed by atoms with E-state index in [0.717, 1.165) is 35.2 Å². The lowest BCUT2D eigenvalue weighted by molar-refractivity contribution is -0.140. The fraction of sp³-hybridized carbons (Fsp3) is 0.350. The number of hydrogen-bond acceptors (Lipinski definition) is 4. The van der Waals surface area contributed by atoms with Crippen LogP contribution in [0.15, 0.2) is 48.7 Å². The van der Waals surface area contributed by atoms with E-state index < -0.39 is 0 Å². The number of carbonyl (C=O) groups excluding carboxylic acids is 1. The van der Waals surface area contributed by atoms with Gasteiger partial charge in [-0.1, -0.05) is 41.6 Å². The Kier molecular flexibility index (Phi) is 3.71. The predicted octanol–water partition coefficient (Wildman–Crippen LogP) is 2.71. The zero-order valence-corrected chi connectivity index (χ0v) is 14.4. The number of pyridine rings is 1. The van der Waals surface area contributed by atoms with Crippen LogP contribution in [0.1, 0.15) is 24.6 Å². The van der Waals surface area contributed by atoms with Crippen LogP contribution >= 0.6 is 0 Å². The highest BCUT2D eigenvalue weighted by atomic mass is 16.5. The average Bonchev–Trinajstić information content (AvgIpc) is 3.47. The molecule has 1 aliphatic carbocycles. The second-order valence-corrected chi connectivity index (χ2v) is 7.01. The summed E-state index contributed by atoms with van der Waals surface area (Å²) in [6.45, 7) is 1.78. The molecule has 1 aromatic carbocycles. The molecule has 0 spiro atoms. The smallest absolute Gasteiger partial charge is 0.225 e. The van der Waals surface area contributed by atoms with Gasteiger partial charge in [0.05, 0.1) is 18.7 Å². The largest absolute Gasteiger partial charge is 0.368 e. The first-order valence-corrected chi connectivity index (χ1v) is 9.10. The molecule has 0 radical (unpaired) electrons. The van der Waals surface area contributed by atoms with Crippen LogP contribution in [0.2, 0.25) is 0 Å². The standard InChI is InChI=1S/C20H20N4O2/c25-20(15-6-7-15)23-10-11-26-18(13-23)19-17-9-8-16(12-24(17)22-21-19)14-4-2-1-3-5-14/h1-5,8-9,12,15,18H,6-7,10-11,13H2/t18-/m1/s1. The molecule has 1 atom stereocenters. The van der Waals surface area contributed by atoms with E-state index in [4.69, 9.17) is 4.74 Å². The highest BCUT2D eigenvalue weighted by molar-refractivity contribution is 5.81. The molecule has 6 heteroatoms. The van der Waals surface area contributed by atoms with Crippen LogP contribution in [0.25, 0.3) is 16.6 Å². The molecule has 2 aromatic heterocycles. The van der Waals surface area contributed by atoms with Crippen molar-refractivity contribution in [3.63, 3.8) is 0 Å². The molecule has 1 amide bonds. The highest BCUT2D eigenvalue weighted by Gasteiger charge is 2.36. The Morgan fingerprint density at radius 3 is 2.73 bits per heavy atom. The summed E-state index contributed by atoms with van der Waals surface area (Å²) in [4.78, 5) is 14.3. The second kappa shape index (κ2) is 6.21. The Balaban J connectivity index is 1.43. The Bertz CT molecular complexity index is 949. The summed E-state index contributed by atoms with van der Waals surface area (Å²) in [5.41, 5.74) is 3.96. The number of fused-ring (bicyclic) bond motifs is 1. The molecule has 2 aliphatic rings. The predicted molar refractivity (Wildman–Crippen MR) is 96.4 cm³/mol. The van der Waals surface area contributed by atoms with Crippen molar-refractivity contribution >= 4 is 11.4 Å². The summed E-state index contributed by atoms with van der Waals surface area (Å²) in [5, 5.41) is 8.64. The van der Waals surface area contributed by atoms with E-state index >= 15 is 0 Å². The maximum atomic E-state index is 12.4. The number of nitrogens with zero attached hydrogens (tertiary/aromatic N) is 4. The Morgan fingerprint density at radius 2 is 1.92 bits per heavy atom. The minimum absolute atomic E-state index is 0.216. The van der Waals surface area contributed by atoms with Gasteiger partial charge in [0.15, 0.2) is 0 Å². The van der Waals surface area contributed by atoms with Gasteiger partial charge >= 0.3 is 0 Å². The number of morpholine rings is 1. The van der Waals surface area contributed by atoms with Gasteiger partial charge in [0, 0.05) is 24.2 Å². The van der Waals surface area contributed by atoms with Gasteiger partial charge in [-0.15, -0.1) is 5.10 Å². The van der Waals surface area contributed by atoms with Gasteiger partial charge in [-0.05, 0) is 24.5 Å². The third-order valence-corrected chi connectivity index (χ3v) is 5.16. The fourth-order valence-corrected chi connectivity index (χ4v) is 3.55. The zero-order chi connectivity index (χ0) is 17.5. The van der Waals surface area contributed by atoms with Crippen molar-refractivity contribution < 1.29 is 9.53 Å². The third-order valence-electron chi connectivity index (χ3n) is 5.16. The first kappa shape index (κ1) is 15.5. The minimum Gasteiger partial charge on any atom is -0.368 e. The van der Waals surface area contributed by atoms with E-state index in [1.807, 2.05) is 35.4 Å². The summed E-state index contributed by atoms with van der Waals surface area (Å²) in [7, 11) is 0. The van der Waals surface area contributed by atoms with Gasteiger partial charge < -0.3 is 9.64 Å². The molecule has 0 bridgehead atoms. The summed E-state index contributed by atoms with van der Waals surface area (Å²) in [6, 6.07) is 14.3. The lowest BCUT2D eigenvalue weighted by Gasteiger charge is -2.32. The van der Waals surface area contributed by atoms with Crippen LogP contribution in [0, 0.1) is 5.92 Å². The number of benzene rings is 1. The summed E-state index contributed by atoms with van der Waals surface area (Å²) >= 11 is 0. The molecular weight excluding hydrogens is 328 g/mol. The van der Waals surface area contributed by atoms with Crippen molar-refractivity contribution in [3.05, 3.63) is 54.4 Å². The molecule has 132 valence electrons. The SMILES string of the molecule is O=C(C1CC1)N1CCO[C@@H](c2nnn3cc(-c4ccccc4)ccc23)C1. The van der Waals surface area contributed by atoms with E-state index in [-0.39, 0.29) is 17.9 Å². The summed E-state index contributed by atoms with van der Waals surface area (Å²) in [6.07, 6.45) is 3.82. The molecule has 1 saturated carbocycles. The Morgan fingerprint density at radius 1 is 1.08 bits per heavy atom. The first-order valence-electron chi connectivity index (χ1n) is 9.10. The third kappa shape index (κ3) is 2.76. The molecule has 1 aliphatic heterocycles. The van der Waals surface area contributed by atoms with Gasteiger partial charge in [-0.2, -0.15) is 0 Å². The van der Waals surface area contributed by atoms with Crippen molar-refractivity contribution in [2.45, 2.75) is 18.9 Å². The lowest BCUT2D eigenvalue weighted by atomic mass is 10.1. The molecule has 6 nitrogen and oxygen atoms in total. The molecular formula is C20H20N4O2. The van der Waals surface area contributed by atoms with Gasteiger partial charge in [-0.3, -0.25) is 4.79 Å². The molecule has 26 heavy (non-hydrogen) atoms. The molecule has 5 rings (SSSR count). The Labute approximate surface area is 151 Å². The number of carbonyl (C=O) groups is 1. The maximum absolute atomic E-state index is 12.4. The van der Waals surface area contributed by atoms with E-state index in [2.05, 4.69) is 28.5 Å². The number of aromatic nitrogens is 3. The quantitative estimate of drug-likeness (QED) is 0.730. The van der Waals surface area contributed by atoms with Gasteiger partial charge in [0.1, 0.15) is 11.8 Å². The van der Waals surface area contributed by atoms with E-state index in [1.54, 1.807) is 4.52 Å². The summed E-state index contributed by atoms with van der Waals surface area (Å²) < 4.78 is 7.71. The van der Waals surface area contributed by atoms with Crippen LogP contribution < -0.4 is 0 Å². The van der Waals surface area contributed by atoms with Crippen molar-refractivity contribution in [1.29, 1.82) is 0 Å². The van der Waals surface area contributed by atoms with Gasteiger partial charge in [0.2, 0.25) is 5.91 Å². The van der Waals surface area contributed by atoms with E-state index in [0.29, 0.717) is 19.7 Å². The molecule has 0 unspecified atom stereocenters. The van der Waals surface area contributed by atoms with Crippen LogP contribution in [0.5, 0.6) is 0 Å². The number of amides is 1. The van der Waals surface area contributed by atoms with Crippen molar-refractivity contribution in [2.75, 3.05) is 19.7 Å². The molecule has 0 N–H and O–H groups in total. The van der Waals surface area contributed by atoms with Crippen molar-refractivity contribution in [1.82, 2.24) is 19.7 Å². The monoisotopic (exact) mass is 348 g/mol. The topological polar surface area (TPSA) is 59.7 Å². The van der Waals surface area contributed by atoms with Gasteiger partial charge in [0.25, 0.3) is 0 Å². The van der Waals surface area contributed by atoms with Crippen molar-refractivity contribution in [3.8, 4) is 11.1 Å². The lowest BCUT2D eigenvalue weighted by Crippen LogP contribution is -2.43. The van der Waals surface area contributed by atoms with Crippen molar-refractivity contribution in [2.24, 2.45) is 5.92 Å². The average molecular weight is 348 g/mol. The van der Waals surface area contributed by atoms with Crippen LogP contribution in [-0.4, -0.2) is 45.3 Å². The van der Waals surface area contributed by atoms with Crippen LogP contribution in [0.4, 0.5) is 0 Å². The Hall–Kier alpha value is -2.73. The second-order valence-electron chi connectivity index (χ2n) is 7.01. The van der Waals surface area contributed by atoms with E-state index in [1.165, 1.54) is 0 Å². The number of ether oxygens (including phenoxy) is 1. The fourth-order valence-electron chi connectivity index (χ4n) is 3.55. The number of hydrogen-bond donors (Lipinski definition) is 0. The maximum Gasteiger partial charge on any atom is 0.225 e. The molecule has 1 saturated heterocycles. The highest BCUT2D eigenvalue weighted by Crippen LogP contribution is 2.33. The normalized spacial score (nSPS) is 20.5. The zero-order valence-electron chi connectivity index (χ0n) is 14.4. The minimum atomic E-state index is -0.216. The van der Waals surface area contributed by atoms with Gasteiger partial charge in [-0.25, -0.2) is 4.52 Å². The van der Waals surface area contributed by atoms with Crippen LogP contribution in [-0.2, 0) is 9.53 Å². The summed E-state index contributed by atoms with van der Waals surface area (Å²) in [5.74, 6) is 0.500. The number of rotatable bonds is 3. The van der Waals surface area contributed by atoms with E-state index in [9.17, 15) is 4.79 Å². The molecule has 3 aromatic rings. The first-order chi connectivity index (χ1) is 12.8. The molecule has 2 fully saturated rings.